The molecule has 0 aliphatic carbocycles. The predicted molar refractivity (Wildman–Crippen MR) is 61.2 cm³/mol. The molecule has 2 unspecified atom stereocenters. The lowest BCUT2D eigenvalue weighted by molar-refractivity contribution is -0.148. The van der Waals surface area contributed by atoms with Crippen LogP contribution in [0.15, 0.2) is 30.3 Å². The van der Waals surface area contributed by atoms with Gasteiger partial charge in [-0.05, 0) is 5.56 Å². The first kappa shape index (κ1) is 11.6. The van der Waals surface area contributed by atoms with Gasteiger partial charge in [-0.1, -0.05) is 30.3 Å². The van der Waals surface area contributed by atoms with Crippen molar-refractivity contribution in [2.75, 3.05) is 6.54 Å². The summed E-state index contributed by atoms with van der Waals surface area (Å²) in [5, 5.41) is 19.3. The van der Waals surface area contributed by atoms with Gasteiger partial charge in [0.15, 0.2) is 6.10 Å². The van der Waals surface area contributed by atoms with E-state index in [1.807, 2.05) is 30.3 Å². The van der Waals surface area contributed by atoms with E-state index in [1.54, 1.807) is 5.06 Å². The maximum absolute atomic E-state index is 8.91. The zero-order valence-corrected chi connectivity index (χ0v) is 9.41. The molecule has 17 heavy (non-hydrogen) atoms. The van der Waals surface area contributed by atoms with Gasteiger partial charge < -0.3 is 0 Å². The van der Waals surface area contributed by atoms with Crippen LogP contribution < -0.4 is 0 Å². The quantitative estimate of drug-likeness (QED) is 0.794. The van der Waals surface area contributed by atoms with Crippen molar-refractivity contribution in [3.63, 3.8) is 0 Å². The van der Waals surface area contributed by atoms with Crippen LogP contribution in [-0.2, 0) is 4.84 Å². The molecule has 1 aromatic rings. The molecule has 2 atom stereocenters. The highest BCUT2D eigenvalue weighted by Crippen LogP contribution is 2.33. The van der Waals surface area contributed by atoms with Crippen LogP contribution in [0.25, 0.3) is 0 Å². The van der Waals surface area contributed by atoms with Crippen molar-refractivity contribution in [2.45, 2.75) is 25.0 Å². The van der Waals surface area contributed by atoms with Gasteiger partial charge in [0.2, 0.25) is 0 Å². The lowest BCUT2D eigenvalue weighted by Gasteiger charge is -2.21. The number of nitrogens with zero attached hydrogens (tertiary/aromatic N) is 3. The summed E-state index contributed by atoms with van der Waals surface area (Å²) >= 11 is 0. The minimum absolute atomic E-state index is 0.0780. The molecule has 0 N–H and O–H groups in total. The maximum atomic E-state index is 8.91. The summed E-state index contributed by atoms with van der Waals surface area (Å²) in [6.07, 6.45) is 0.659. The molecule has 0 radical (unpaired) electrons. The molecular weight excluding hydrogens is 214 g/mol. The van der Waals surface area contributed by atoms with Gasteiger partial charge in [0.1, 0.15) is 0 Å². The molecular formula is C13H13N3O. The molecule has 0 saturated carbocycles. The van der Waals surface area contributed by atoms with E-state index in [4.69, 9.17) is 15.4 Å². The van der Waals surface area contributed by atoms with E-state index in [0.29, 0.717) is 19.4 Å². The summed E-state index contributed by atoms with van der Waals surface area (Å²) in [6.45, 7) is 0.536. The summed E-state index contributed by atoms with van der Waals surface area (Å²) in [4.78, 5) is 5.50. The largest absolute Gasteiger partial charge is 0.280 e. The van der Waals surface area contributed by atoms with E-state index in [1.165, 1.54) is 0 Å². The van der Waals surface area contributed by atoms with Gasteiger partial charge in [-0.25, -0.2) is 0 Å². The Labute approximate surface area is 101 Å². The predicted octanol–water partition coefficient (Wildman–Crippen LogP) is 2.17. The lowest BCUT2D eigenvalue weighted by Crippen LogP contribution is -2.23. The van der Waals surface area contributed by atoms with Crippen molar-refractivity contribution in [2.24, 2.45) is 0 Å². The Morgan fingerprint density at radius 2 is 2.06 bits per heavy atom. The van der Waals surface area contributed by atoms with Crippen LogP contribution in [-0.4, -0.2) is 17.7 Å². The molecule has 0 bridgehead atoms. The van der Waals surface area contributed by atoms with Crippen LogP contribution in [0, 0.1) is 22.7 Å². The summed E-state index contributed by atoms with van der Waals surface area (Å²) in [5.74, 6) is 0. The molecule has 0 spiro atoms. The van der Waals surface area contributed by atoms with E-state index < -0.39 is 6.10 Å². The Hall–Kier alpha value is -1.88. The Morgan fingerprint density at radius 1 is 1.29 bits per heavy atom. The standard InChI is InChI=1S/C13H13N3O/c14-7-4-8-16-13(9-12(10-15)17-16)11-5-2-1-3-6-11/h1-3,5-6,12-13H,4,8-9H2. The number of rotatable bonds is 3. The lowest BCUT2D eigenvalue weighted by atomic mass is 10.0. The van der Waals surface area contributed by atoms with Crippen molar-refractivity contribution in [1.29, 1.82) is 10.5 Å². The molecule has 1 saturated heterocycles. The molecule has 1 aromatic carbocycles. The van der Waals surface area contributed by atoms with Gasteiger partial charge in [0.05, 0.1) is 24.6 Å². The van der Waals surface area contributed by atoms with Crippen LogP contribution in [0.5, 0.6) is 0 Å². The minimum atomic E-state index is -0.404. The number of benzene rings is 1. The molecule has 4 nitrogen and oxygen atoms in total. The van der Waals surface area contributed by atoms with Gasteiger partial charge in [-0.3, -0.25) is 4.84 Å². The van der Waals surface area contributed by atoms with Crippen molar-refractivity contribution in [3.8, 4) is 12.1 Å². The Morgan fingerprint density at radius 3 is 2.71 bits per heavy atom. The van der Waals surface area contributed by atoms with Gasteiger partial charge >= 0.3 is 0 Å². The minimum Gasteiger partial charge on any atom is -0.280 e. The van der Waals surface area contributed by atoms with E-state index in [0.717, 1.165) is 5.56 Å². The highest BCUT2D eigenvalue weighted by atomic mass is 16.7. The van der Waals surface area contributed by atoms with Crippen LogP contribution in [0.3, 0.4) is 0 Å². The van der Waals surface area contributed by atoms with E-state index in [2.05, 4.69) is 12.1 Å². The molecule has 1 aliphatic rings. The van der Waals surface area contributed by atoms with Gasteiger partial charge in [0, 0.05) is 13.0 Å². The third-order valence-electron chi connectivity index (χ3n) is 2.82. The smallest absolute Gasteiger partial charge is 0.167 e. The molecule has 0 amide bonds. The average Bonchev–Trinajstić information content (AvgIpc) is 2.80. The third kappa shape index (κ3) is 2.62. The van der Waals surface area contributed by atoms with Crippen LogP contribution in [0.4, 0.5) is 0 Å². The molecule has 2 rings (SSSR count). The van der Waals surface area contributed by atoms with Gasteiger partial charge in [-0.2, -0.15) is 15.6 Å². The molecule has 4 heteroatoms. The van der Waals surface area contributed by atoms with Crippen molar-refractivity contribution < 1.29 is 4.84 Å². The van der Waals surface area contributed by atoms with Crippen molar-refractivity contribution >= 4 is 0 Å². The van der Waals surface area contributed by atoms with Gasteiger partial charge in [-0.15, -0.1) is 0 Å². The van der Waals surface area contributed by atoms with E-state index in [-0.39, 0.29) is 6.04 Å². The van der Waals surface area contributed by atoms with E-state index in [9.17, 15) is 0 Å². The number of nitriles is 2. The van der Waals surface area contributed by atoms with Crippen LogP contribution in [0.2, 0.25) is 0 Å². The summed E-state index contributed by atoms with van der Waals surface area (Å²) in [6, 6.07) is 14.2. The van der Waals surface area contributed by atoms with Crippen molar-refractivity contribution in [3.05, 3.63) is 35.9 Å². The zero-order chi connectivity index (χ0) is 12.1. The second kappa shape index (κ2) is 5.45. The van der Waals surface area contributed by atoms with Crippen molar-refractivity contribution in [1.82, 2.24) is 5.06 Å². The number of hydroxylamine groups is 2. The normalized spacial score (nSPS) is 24.1. The SMILES string of the molecule is N#CCCN1OC(C#N)CC1c1ccccc1. The monoisotopic (exact) mass is 227 g/mol. The van der Waals surface area contributed by atoms with Crippen LogP contribution >= 0.6 is 0 Å². The second-order valence-electron chi connectivity index (χ2n) is 3.93. The first-order chi connectivity index (χ1) is 8.35. The molecule has 86 valence electrons. The highest BCUT2D eigenvalue weighted by Gasteiger charge is 2.33. The Balaban J connectivity index is 2.14. The van der Waals surface area contributed by atoms with Crippen LogP contribution in [0.1, 0.15) is 24.4 Å². The zero-order valence-electron chi connectivity index (χ0n) is 9.41. The maximum Gasteiger partial charge on any atom is 0.167 e. The fourth-order valence-electron chi connectivity index (χ4n) is 2.02. The van der Waals surface area contributed by atoms with Gasteiger partial charge in [0.25, 0.3) is 0 Å². The first-order valence-electron chi connectivity index (χ1n) is 5.60. The molecule has 0 aromatic heterocycles. The fourth-order valence-corrected chi connectivity index (χ4v) is 2.02. The number of hydrogen-bond acceptors (Lipinski definition) is 4. The third-order valence-corrected chi connectivity index (χ3v) is 2.82. The summed E-state index contributed by atoms with van der Waals surface area (Å²) < 4.78 is 0. The molecule has 1 fully saturated rings. The number of hydrogen-bond donors (Lipinski definition) is 0. The summed E-state index contributed by atoms with van der Waals surface area (Å²) in [5.41, 5.74) is 1.13. The fraction of sp³-hybridized carbons (Fsp3) is 0.385. The molecule has 1 heterocycles. The summed E-state index contributed by atoms with van der Waals surface area (Å²) in [7, 11) is 0. The topological polar surface area (TPSA) is 60.1 Å². The Bertz CT molecular complexity index is 446. The highest BCUT2D eigenvalue weighted by molar-refractivity contribution is 5.20. The second-order valence-corrected chi connectivity index (χ2v) is 3.93. The van der Waals surface area contributed by atoms with E-state index >= 15 is 0 Å². The first-order valence-corrected chi connectivity index (χ1v) is 5.60. The average molecular weight is 227 g/mol. The Kier molecular flexibility index (Phi) is 3.72. The molecule has 1 aliphatic heterocycles.